The van der Waals surface area contributed by atoms with Gasteiger partial charge in [-0.1, -0.05) is 29.8 Å². The van der Waals surface area contributed by atoms with Gasteiger partial charge in [0, 0.05) is 17.0 Å². The average molecular weight is 249 g/mol. The minimum absolute atomic E-state index is 0.268. The van der Waals surface area contributed by atoms with Crippen LogP contribution >= 0.6 is 11.6 Å². The van der Waals surface area contributed by atoms with Crippen LogP contribution < -0.4 is 0 Å². The van der Waals surface area contributed by atoms with Crippen molar-refractivity contribution < 1.29 is 4.92 Å². The minimum atomic E-state index is -0.531. The molecule has 1 aromatic heterocycles. The van der Waals surface area contributed by atoms with Crippen LogP contribution in [0.4, 0.5) is 0 Å². The number of hydrogen-bond donors (Lipinski definition) is 0. The van der Waals surface area contributed by atoms with Crippen molar-refractivity contribution in [2.24, 2.45) is 0 Å². The molecule has 2 aromatic rings. The topological polar surface area (TPSA) is 56.0 Å². The molecule has 1 heterocycles. The number of aromatic nitrogens is 1. The van der Waals surface area contributed by atoms with E-state index >= 15 is 0 Å². The van der Waals surface area contributed by atoms with Crippen LogP contribution in [0.15, 0.2) is 30.5 Å². The number of rotatable bonds is 2. The second kappa shape index (κ2) is 4.51. The monoisotopic (exact) mass is 248 g/mol. The minimum Gasteiger partial charge on any atom is -0.259 e. The van der Waals surface area contributed by atoms with E-state index in [4.69, 9.17) is 11.6 Å². The van der Waals surface area contributed by atoms with Crippen molar-refractivity contribution in [2.75, 3.05) is 0 Å². The van der Waals surface area contributed by atoms with Gasteiger partial charge in [-0.15, -0.1) is 0 Å². The molecule has 0 atom stereocenters. The Kier molecular flexibility index (Phi) is 3.06. The normalized spacial score (nSPS) is 11.2. The number of benzene rings is 1. The van der Waals surface area contributed by atoms with Gasteiger partial charge in [-0.2, -0.15) is 0 Å². The number of pyridine rings is 1. The zero-order valence-corrected chi connectivity index (χ0v) is 9.81. The van der Waals surface area contributed by atoms with Crippen molar-refractivity contribution in [1.82, 2.24) is 4.98 Å². The summed E-state index contributed by atoms with van der Waals surface area (Å²) in [5, 5.41) is 11.4. The van der Waals surface area contributed by atoms with Crippen LogP contribution in [0, 0.1) is 17.0 Å². The molecule has 86 valence electrons. The van der Waals surface area contributed by atoms with E-state index < -0.39 is 4.92 Å². The highest BCUT2D eigenvalue weighted by atomic mass is 35.5. The SMILES string of the molecule is Cc1cccc2cc(C=C[N+](=O)[O-])c(Cl)nc12. The number of para-hydroxylation sites is 1. The number of nitrogens with zero attached hydrogens (tertiary/aromatic N) is 2. The predicted molar refractivity (Wildman–Crippen MR) is 67.5 cm³/mol. The summed E-state index contributed by atoms with van der Waals surface area (Å²) in [5.41, 5.74) is 2.38. The molecule has 5 heteroatoms. The van der Waals surface area contributed by atoms with Gasteiger partial charge in [-0.05, 0) is 18.6 Å². The van der Waals surface area contributed by atoms with Crippen LogP contribution in [0.3, 0.4) is 0 Å². The second-order valence-corrected chi connectivity index (χ2v) is 3.97. The zero-order valence-electron chi connectivity index (χ0n) is 9.05. The molecule has 0 unspecified atom stereocenters. The third-order valence-electron chi connectivity index (χ3n) is 2.40. The number of halogens is 1. The Morgan fingerprint density at radius 3 is 2.94 bits per heavy atom. The first-order chi connectivity index (χ1) is 8.08. The van der Waals surface area contributed by atoms with Gasteiger partial charge < -0.3 is 0 Å². The molecule has 0 fully saturated rings. The summed E-state index contributed by atoms with van der Waals surface area (Å²) in [6.07, 6.45) is 2.20. The lowest BCUT2D eigenvalue weighted by Gasteiger charge is -2.03. The lowest BCUT2D eigenvalue weighted by molar-refractivity contribution is -0.400. The maximum absolute atomic E-state index is 10.3. The molecule has 0 bridgehead atoms. The lowest BCUT2D eigenvalue weighted by Crippen LogP contribution is -1.88. The summed E-state index contributed by atoms with van der Waals surface area (Å²) in [4.78, 5) is 14.0. The van der Waals surface area contributed by atoms with Crippen molar-refractivity contribution in [1.29, 1.82) is 0 Å². The first-order valence-corrected chi connectivity index (χ1v) is 5.33. The van der Waals surface area contributed by atoms with E-state index in [1.54, 1.807) is 6.07 Å². The van der Waals surface area contributed by atoms with Crippen LogP contribution in [0.5, 0.6) is 0 Å². The largest absolute Gasteiger partial charge is 0.259 e. The molecule has 0 N–H and O–H groups in total. The summed E-state index contributed by atoms with van der Waals surface area (Å²) in [6, 6.07) is 7.54. The average Bonchev–Trinajstić information content (AvgIpc) is 2.28. The quantitative estimate of drug-likeness (QED) is 0.465. The Bertz CT molecular complexity index is 623. The van der Waals surface area contributed by atoms with E-state index in [1.165, 1.54) is 6.08 Å². The molecular weight excluding hydrogens is 240 g/mol. The number of hydrogen-bond acceptors (Lipinski definition) is 3. The Labute approximate surface area is 103 Å². The number of nitro groups is 1. The van der Waals surface area contributed by atoms with Gasteiger partial charge in [0.2, 0.25) is 6.20 Å². The summed E-state index contributed by atoms with van der Waals surface area (Å²) >= 11 is 5.97. The number of aryl methyl sites for hydroxylation is 1. The fraction of sp³-hybridized carbons (Fsp3) is 0.0833. The van der Waals surface area contributed by atoms with Gasteiger partial charge in [-0.3, -0.25) is 10.1 Å². The molecule has 4 nitrogen and oxygen atoms in total. The molecule has 0 aliphatic rings. The molecular formula is C12H9ClN2O2. The second-order valence-electron chi connectivity index (χ2n) is 3.62. The summed E-state index contributed by atoms with van der Waals surface area (Å²) in [6.45, 7) is 1.94. The molecule has 0 aliphatic heterocycles. The Balaban J connectivity index is 2.60. The fourth-order valence-electron chi connectivity index (χ4n) is 1.60. The summed E-state index contributed by atoms with van der Waals surface area (Å²) in [7, 11) is 0. The molecule has 0 aliphatic carbocycles. The third kappa shape index (κ3) is 2.42. The summed E-state index contributed by atoms with van der Waals surface area (Å²) < 4.78 is 0. The molecule has 0 spiro atoms. The van der Waals surface area contributed by atoms with Crippen molar-refractivity contribution in [3.05, 3.63) is 56.9 Å². The lowest BCUT2D eigenvalue weighted by atomic mass is 10.1. The molecule has 17 heavy (non-hydrogen) atoms. The van der Waals surface area contributed by atoms with Crippen molar-refractivity contribution >= 4 is 28.6 Å². The van der Waals surface area contributed by atoms with Gasteiger partial charge in [0.25, 0.3) is 0 Å². The zero-order chi connectivity index (χ0) is 12.4. The molecule has 1 aromatic carbocycles. The van der Waals surface area contributed by atoms with Gasteiger partial charge in [-0.25, -0.2) is 4.98 Å². The van der Waals surface area contributed by atoms with Gasteiger partial charge in [0.1, 0.15) is 5.15 Å². The maximum Gasteiger partial charge on any atom is 0.235 e. The smallest absolute Gasteiger partial charge is 0.235 e. The van der Waals surface area contributed by atoms with Crippen LogP contribution in [0.25, 0.3) is 17.0 Å². The van der Waals surface area contributed by atoms with Gasteiger partial charge in [0.15, 0.2) is 0 Å². The molecule has 0 saturated heterocycles. The standard InChI is InChI=1S/C12H9ClN2O2/c1-8-3-2-4-9-7-10(5-6-15(16)17)12(13)14-11(8)9/h2-7H,1H3. The third-order valence-corrected chi connectivity index (χ3v) is 2.71. The summed E-state index contributed by atoms with van der Waals surface area (Å²) in [5.74, 6) is 0. The molecule has 0 radical (unpaired) electrons. The highest BCUT2D eigenvalue weighted by Gasteiger charge is 2.05. The first-order valence-electron chi connectivity index (χ1n) is 4.95. The number of fused-ring (bicyclic) bond motifs is 1. The molecule has 0 saturated carbocycles. The van der Waals surface area contributed by atoms with E-state index in [0.29, 0.717) is 5.56 Å². The van der Waals surface area contributed by atoms with Crippen molar-refractivity contribution in [3.63, 3.8) is 0 Å². The molecule has 0 amide bonds. The van der Waals surface area contributed by atoms with E-state index in [0.717, 1.165) is 22.7 Å². The van der Waals surface area contributed by atoms with E-state index in [9.17, 15) is 10.1 Å². The van der Waals surface area contributed by atoms with Gasteiger partial charge >= 0.3 is 0 Å². The van der Waals surface area contributed by atoms with Gasteiger partial charge in [0.05, 0.1) is 10.4 Å². The Morgan fingerprint density at radius 2 is 2.24 bits per heavy atom. The Morgan fingerprint density at radius 1 is 1.47 bits per heavy atom. The maximum atomic E-state index is 10.3. The van der Waals surface area contributed by atoms with E-state index in [1.807, 2.05) is 25.1 Å². The van der Waals surface area contributed by atoms with Crippen LogP contribution in [-0.4, -0.2) is 9.91 Å². The van der Waals surface area contributed by atoms with Crippen molar-refractivity contribution in [2.45, 2.75) is 6.92 Å². The van der Waals surface area contributed by atoms with Crippen LogP contribution in [-0.2, 0) is 0 Å². The van der Waals surface area contributed by atoms with Crippen LogP contribution in [0.2, 0.25) is 5.15 Å². The fourth-order valence-corrected chi connectivity index (χ4v) is 1.80. The van der Waals surface area contributed by atoms with E-state index in [2.05, 4.69) is 4.98 Å². The predicted octanol–water partition coefficient (Wildman–Crippen LogP) is 3.44. The highest BCUT2D eigenvalue weighted by molar-refractivity contribution is 6.31. The highest BCUT2D eigenvalue weighted by Crippen LogP contribution is 2.23. The van der Waals surface area contributed by atoms with Crippen LogP contribution in [0.1, 0.15) is 11.1 Å². The first kappa shape index (κ1) is 11.5. The molecule has 2 rings (SSSR count). The van der Waals surface area contributed by atoms with Crippen molar-refractivity contribution in [3.8, 4) is 0 Å². The van der Waals surface area contributed by atoms with E-state index in [-0.39, 0.29) is 5.15 Å². The Hall–Kier alpha value is -1.94.